The van der Waals surface area contributed by atoms with Crippen LogP contribution in [0.5, 0.6) is 0 Å². The second-order valence-corrected chi connectivity index (χ2v) is 14.9. The van der Waals surface area contributed by atoms with Gasteiger partial charge in [-0.15, -0.1) is 11.3 Å². The highest BCUT2D eigenvalue weighted by atomic mass is 32.1. The average molecular weight is 638 g/mol. The summed E-state index contributed by atoms with van der Waals surface area (Å²) in [6.07, 6.45) is 12.3. The summed E-state index contributed by atoms with van der Waals surface area (Å²) in [6, 6.07) is 39.0. The van der Waals surface area contributed by atoms with E-state index in [1.54, 1.807) is 0 Å². The number of fused-ring (bicyclic) bond motifs is 10. The minimum absolute atomic E-state index is 0.0963. The minimum atomic E-state index is -0.0963. The molecule has 5 aromatic carbocycles. The third-order valence-corrected chi connectivity index (χ3v) is 11.9. The van der Waals surface area contributed by atoms with Crippen LogP contribution in [0.25, 0.3) is 65.1 Å². The van der Waals surface area contributed by atoms with E-state index in [0.29, 0.717) is 0 Å². The SMILES string of the molecule is C/C=C(\C=C/CC)c1ccc2c(c1)c1c(n2-c2ccc3c(c2)C(C)(C)c2ccc4sc5ccccc5c4c2-3)CCC(c2ccccc2)=C1. The molecule has 0 amide bonds. The molecule has 48 heavy (non-hydrogen) atoms. The summed E-state index contributed by atoms with van der Waals surface area (Å²) in [6.45, 7) is 9.16. The van der Waals surface area contributed by atoms with E-state index in [0.717, 1.165) is 19.3 Å². The first-order chi connectivity index (χ1) is 23.5. The Morgan fingerprint density at radius 2 is 1.65 bits per heavy atom. The van der Waals surface area contributed by atoms with E-state index >= 15 is 0 Å². The molecule has 0 saturated heterocycles. The van der Waals surface area contributed by atoms with Gasteiger partial charge in [0.05, 0.1) is 5.52 Å². The Morgan fingerprint density at radius 1 is 0.812 bits per heavy atom. The predicted molar refractivity (Wildman–Crippen MR) is 209 cm³/mol. The van der Waals surface area contributed by atoms with Gasteiger partial charge in [0.2, 0.25) is 0 Å². The summed E-state index contributed by atoms with van der Waals surface area (Å²) >= 11 is 1.91. The average Bonchev–Trinajstić information content (AvgIpc) is 3.74. The van der Waals surface area contributed by atoms with Crippen molar-refractivity contribution in [2.24, 2.45) is 0 Å². The Bertz CT molecular complexity index is 2510. The fourth-order valence-electron chi connectivity index (χ4n) is 8.40. The van der Waals surface area contributed by atoms with Crippen molar-refractivity contribution < 1.29 is 0 Å². The summed E-state index contributed by atoms with van der Waals surface area (Å²) in [4.78, 5) is 0. The van der Waals surface area contributed by atoms with Gasteiger partial charge in [0.15, 0.2) is 0 Å². The summed E-state index contributed by atoms with van der Waals surface area (Å²) < 4.78 is 5.31. The van der Waals surface area contributed by atoms with Crippen molar-refractivity contribution in [3.05, 3.63) is 155 Å². The zero-order valence-electron chi connectivity index (χ0n) is 28.1. The van der Waals surface area contributed by atoms with Gasteiger partial charge in [0.1, 0.15) is 0 Å². The van der Waals surface area contributed by atoms with Crippen LogP contribution in [0.15, 0.2) is 121 Å². The predicted octanol–water partition coefficient (Wildman–Crippen LogP) is 13.2. The molecule has 0 saturated carbocycles. The van der Waals surface area contributed by atoms with Gasteiger partial charge < -0.3 is 4.57 Å². The van der Waals surface area contributed by atoms with E-state index in [2.05, 4.69) is 160 Å². The van der Waals surface area contributed by atoms with Crippen LogP contribution in [-0.4, -0.2) is 4.57 Å². The van der Waals surface area contributed by atoms with Crippen LogP contribution >= 0.6 is 11.3 Å². The highest BCUT2D eigenvalue weighted by Gasteiger charge is 2.37. The smallest absolute Gasteiger partial charge is 0.0538 e. The number of thiophene rings is 1. The first-order valence-electron chi connectivity index (χ1n) is 17.3. The van der Waals surface area contributed by atoms with Crippen LogP contribution in [0.2, 0.25) is 0 Å². The lowest BCUT2D eigenvalue weighted by molar-refractivity contribution is 0.660. The Balaban J connectivity index is 1.27. The monoisotopic (exact) mass is 637 g/mol. The molecule has 9 rings (SSSR count). The number of allylic oxidation sites excluding steroid dienone is 5. The summed E-state index contributed by atoms with van der Waals surface area (Å²) in [5, 5.41) is 4.12. The van der Waals surface area contributed by atoms with Crippen LogP contribution in [0, 0.1) is 0 Å². The van der Waals surface area contributed by atoms with E-state index < -0.39 is 0 Å². The normalized spacial score (nSPS) is 15.3. The number of aromatic nitrogens is 1. The van der Waals surface area contributed by atoms with Crippen molar-refractivity contribution in [1.29, 1.82) is 0 Å². The van der Waals surface area contributed by atoms with Crippen molar-refractivity contribution in [3.8, 4) is 16.8 Å². The van der Waals surface area contributed by atoms with Gasteiger partial charge in [-0.1, -0.05) is 106 Å². The van der Waals surface area contributed by atoms with Gasteiger partial charge in [-0.3, -0.25) is 0 Å². The molecule has 2 heterocycles. The van der Waals surface area contributed by atoms with E-state index in [4.69, 9.17) is 0 Å². The molecular weight excluding hydrogens is 599 g/mol. The van der Waals surface area contributed by atoms with E-state index in [1.807, 2.05) is 11.3 Å². The maximum Gasteiger partial charge on any atom is 0.0538 e. The van der Waals surface area contributed by atoms with Crippen molar-refractivity contribution in [2.75, 3.05) is 0 Å². The molecule has 2 aliphatic carbocycles. The van der Waals surface area contributed by atoms with Crippen LogP contribution < -0.4 is 0 Å². The Morgan fingerprint density at radius 3 is 2.48 bits per heavy atom. The molecule has 2 aliphatic rings. The highest BCUT2D eigenvalue weighted by molar-refractivity contribution is 7.26. The largest absolute Gasteiger partial charge is 0.313 e. The van der Waals surface area contributed by atoms with Gasteiger partial charge in [-0.2, -0.15) is 0 Å². The van der Waals surface area contributed by atoms with Crippen molar-refractivity contribution >= 4 is 59.6 Å². The molecule has 234 valence electrons. The maximum absolute atomic E-state index is 2.57. The minimum Gasteiger partial charge on any atom is -0.313 e. The van der Waals surface area contributed by atoms with Crippen LogP contribution in [-0.2, 0) is 11.8 Å². The molecule has 0 spiro atoms. The second-order valence-electron chi connectivity index (χ2n) is 13.8. The molecule has 0 N–H and O–H groups in total. The summed E-state index contributed by atoms with van der Waals surface area (Å²) in [7, 11) is 0. The molecule has 2 heteroatoms. The molecule has 0 fully saturated rings. The summed E-state index contributed by atoms with van der Waals surface area (Å²) in [5.41, 5.74) is 16.2. The Hall–Kier alpha value is -4.92. The van der Waals surface area contributed by atoms with Gasteiger partial charge in [-0.25, -0.2) is 0 Å². The van der Waals surface area contributed by atoms with Gasteiger partial charge in [0, 0.05) is 47.9 Å². The van der Waals surface area contributed by atoms with E-state index in [9.17, 15) is 0 Å². The maximum atomic E-state index is 2.57. The number of rotatable bonds is 5. The quantitative estimate of drug-likeness (QED) is 0.166. The number of hydrogen-bond acceptors (Lipinski definition) is 1. The fourth-order valence-corrected chi connectivity index (χ4v) is 9.52. The van der Waals surface area contributed by atoms with E-state index in [1.165, 1.54) is 92.5 Å². The molecule has 0 atom stereocenters. The van der Waals surface area contributed by atoms with E-state index in [-0.39, 0.29) is 5.41 Å². The van der Waals surface area contributed by atoms with Crippen molar-refractivity contribution in [3.63, 3.8) is 0 Å². The zero-order chi connectivity index (χ0) is 32.6. The van der Waals surface area contributed by atoms with Crippen molar-refractivity contribution in [2.45, 2.75) is 52.4 Å². The molecule has 0 unspecified atom stereocenters. The first-order valence-corrected chi connectivity index (χ1v) is 18.2. The lowest BCUT2D eigenvalue weighted by atomic mass is 9.82. The molecule has 1 nitrogen and oxygen atoms in total. The topological polar surface area (TPSA) is 4.93 Å². The second kappa shape index (κ2) is 11.1. The molecule has 0 aliphatic heterocycles. The molecule has 7 aromatic rings. The van der Waals surface area contributed by atoms with Crippen molar-refractivity contribution in [1.82, 2.24) is 4.57 Å². The van der Waals surface area contributed by atoms with Gasteiger partial charge >= 0.3 is 0 Å². The van der Waals surface area contributed by atoms with Crippen LogP contribution in [0.4, 0.5) is 0 Å². The molecule has 0 radical (unpaired) electrons. The molecule has 0 bridgehead atoms. The number of nitrogens with zero attached hydrogens (tertiary/aromatic N) is 1. The third-order valence-electron chi connectivity index (χ3n) is 10.8. The lowest BCUT2D eigenvalue weighted by Crippen LogP contribution is -2.15. The molecular formula is C46H39NS. The lowest BCUT2D eigenvalue weighted by Gasteiger charge is -2.23. The zero-order valence-corrected chi connectivity index (χ0v) is 28.9. The number of benzene rings is 5. The van der Waals surface area contributed by atoms with Gasteiger partial charge in [-0.05, 0) is 113 Å². The standard InChI is InChI=1S/C46H39NS/c1-5-7-13-29(6-2)31-18-23-40-36(26-31)37-27-32(30-14-9-8-10-15-30)19-24-41(37)47(40)33-20-21-34-39(28-33)46(3,4)38-22-25-43-45(44(34)38)35-16-11-12-17-42(35)48-43/h6-18,20-23,25-28H,5,19,24H2,1-4H3/b13-7-,29-6+. The van der Waals surface area contributed by atoms with Crippen LogP contribution in [0.1, 0.15) is 74.0 Å². The first kappa shape index (κ1) is 29.2. The highest BCUT2D eigenvalue weighted by Crippen LogP contribution is 2.54. The molecule has 2 aromatic heterocycles. The third kappa shape index (κ3) is 4.29. The fraction of sp³-hybridized carbons (Fsp3) is 0.174. The Labute approximate surface area is 287 Å². The summed E-state index contributed by atoms with van der Waals surface area (Å²) in [5.74, 6) is 0. The van der Waals surface area contributed by atoms with Crippen LogP contribution in [0.3, 0.4) is 0 Å². The Kier molecular flexibility index (Phi) is 6.74. The van der Waals surface area contributed by atoms with Gasteiger partial charge in [0.25, 0.3) is 0 Å². The number of hydrogen-bond donors (Lipinski definition) is 0.